The first kappa shape index (κ1) is 96.1. The van der Waals surface area contributed by atoms with Crippen LogP contribution in [0.15, 0.2) is 49.6 Å². The lowest BCUT2D eigenvalue weighted by molar-refractivity contribution is -0.134. The van der Waals surface area contributed by atoms with E-state index >= 15 is 0 Å². The number of carbonyl (C=O) groups is 4. The maximum absolute atomic E-state index is 13.3. The van der Waals surface area contributed by atoms with Gasteiger partial charge in [0.1, 0.15) is 38.5 Å². The summed E-state index contributed by atoms with van der Waals surface area (Å²) in [5.41, 5.74) is -2.09. The van der Waals surface area contributed by atoms with Gasteiger partial charge < -0.3 is 20.4 Å². The molecule has 20 rings (SSSR count). The molecule has 4 aromatic heterocycles. The predicted octanol–water partition coefficient (Wildman–Crippen LogP) is 19.9. The second-order valence-corrected chi connectivity index (χ2v) is 43.4. The number of alkyl halides is 1. The minimum atomic E-state index is -1.07. The first-order chi connectivity index (χ1) is 59.7. The number of hydrogen-bond donors (Lipinski definition) is 4. The van der Waals surface area contributed by atoms with E-state index in [1.54, 1.807) is 59.2 Å². The maximum atomic E-state index is 13.3. The lowest BCUT2D eigenvalue weighted by atomic mass is 9.48. The van der Waals surface area contributed by atoms with Crippen molar-refractivity contribution in [2.24, 2.45) is 164 Å². The van der Waals surface area contributed by atoms with Crippen LogP contribution in [0.4, 0.5) is 4.39 Å². The van der Waals surface area contributed by atoms with Crippen molar-refractivity contribution < 1.29 is 44.0 Å². The third-order valence-corrected chi connectivity index (χ3v) is 38.3. The molecule has 0 spiro atoms. The predicted molar refractivity (Wildman–Crippen MR) is 483 cm³/mol. The molecule has 0 amide bonds. The fourth-order valence-electron chi connectivity index (χ4n) is 33.1. The minimum absolute atomic E-state index is 0.104. The smallest absolute Gasteiger partial charge is 0.159 e. The average Bonchev–Trinajstić information content (AvgIpc) is 1.51. The van der Waals surface area contributed by atoms with Crippen molar-refractivity contribution in [3.63, 3.8) is 0 Å². The molecular formula is C103H165FN12O8. The van der Waals surface area contributed by atoms with Crippen LogP contribution in [0, 0.1) is 176 Å². The highest BCUT2D eigenvalue weighted by molar-refractivity contribution is 5.83. The molecule has 4 aromatic rings. The summed E-state index contributed by atoms with van der Waals surface area (Å²) in [4.78, 5) is 58.6. The summed E-state index contributed by atoms with van der Waals surface area (Å²) in [5, 5.41) is 75.9. The van der Waals surface area contributed by atoms with Gasteiger partial charge in [0.25, 0.3) is 0 Å². The summed E-state index contributed by atoms with van der Waals surface area (Å²) in [7, 11) is 0. The zero-order chi connectivity index (χ0) is 88.9. The van der Waals surface area contributed by atoms with Gasteiger partial charge >= 0.3 is 0 Å². The Balaban J connectivity index is 0.000000138. The van der Waals surface area contributed by atoms with Crippen LogP contribution in [0.1, 0.15) is 341 Å². The Hall–Kier alpha value is -5.43. The van der Waals surface area contributed by atoms with E-state index in [0.29, 0.717) is 115 Å². The van der Waals surface area contributed by atoms with E-state index in [1.165, 1.54) is 132 Å². The highest BCUT2D eigenvalue weighted by Gasteiger charge is 2.65. The Morgan fingerprint density at radius 2 is 0.581 bits per heavy atom. The summed E-state index contributed by atoms with van der Waals surface area (Å²) in [6.45, 7) is 32.3. The number of rotatable bonds is 14. The van der Waals surface area contributed by atoms with Crippen LogP contribution in [0.5, 0.6) is 0 Å². The van der Waals surface area contributed by atoms with Crippen LogP contribution in [-0.4, -0.2) is 133 Å². The molecule has 0 bridgehead atoms. The van der Waals surface area contributed by atoms with Crippen LogP contribution in [-0.2, 0) is 45.4 Å². The first-order valence-corrected chi connectivity index (χ1v) is 51.0. The number of fused-ring (bicyclic) bond motifs is 20. The van der Waals surface area contributed by atoms with Crippen LogP contribution in [0.3, 0.4) is 0 Å². The molecule has 0 saturated heterocycles. The molecule has 21 heteroatoms. The highest BCUT2D eigenvalue weighted by atomic mass is 19.1. The van der Waals surface area contributed by atoms with Gasteiger partial charge in [-0.1, -0.05) is 95.9 Å². The van der Waals surface area contributed by atoms with Crippen molar-refractivity contribution >= 4 is 23.1 Å². The van der Waals surface area contributed by atoms with Crippen LogP contribution in [0.25, 0.3) is 0 Å². The molecule has 692 valence electrons. The van der Waals surface area contributed by atoms with Gasteiger partial charge in [-0.05, 0) is 391 Å². The molecule has 0 aliphatic heterocycles. The standard InChI is InChI=1S/C25H35N3O2.C24H37N3O2.C23H34FN3O2.C23H35N3O2.4C2H6/c1-3-10-25(30)12-9-18-17(15-25)4-5-20-19(18)8-11-24(2)21(20)6-7-22(24)23(29)16-28-26-13-14-27-28;1-3-24(29)11-9-17-16(14-24)4-5-19-18(17)8-10-23(2)20(19)6-7-21(23)22(28)15-27-25-12-13-26-27;1-22-8-6-17-16-7-9-23(29,14-24)12-15(16)2-3-18(17)19(22)4-5-20(22)21(28)13-27-25-10-11-26-27;1-22(28)9-7-16-15(13-22)3-4-18-17(16)8-10-23(2)19(18)5-6-20(23)21(27)14-26-24-11-12-25-26;4*1-2/h13-14,17-22,30H,4-9,11-12,15-16H2,1-2H3;12-13,16-21,29H,3-11,14-15H2,1-2H3;10-11,15-20,29H,2-9,12-14H2,1H3;11-12,15-20,28H,3-10,13-14H2,1-2H3;4*1-2H3/t17-,18+,19?,20?,21?,22-,24+,25-;16-,17+,18?,19?,20?,21-,23+,24-;15-,16+,17?,18?,19?,20-,22+,23-;15-,16+,17?,18?,19?,20-,22-,23+;;;;/m1111..../s1. The number of hydrogen-bond acceptors (Lipinski definition) is 16. The van der Waals surface area contributed by atoms with Gasteiger partial charge in [0.2, 0.25) is 0 Å². The second-order valence-electron chi connectivity index (χ2n) is 43.4. The minimum Gasteiger partial charge on any atom is -0.390 e. The van der Waals surface area contributed by atoms with Gasteiger partial charge in [-0.2, -0.15) is 60.0 Å². The summed E-state index contributed by atoms with van der Waals surface area (Å²) in [5.74, 6) is 22.5. The lowest BCUT2D eigenvalue weighted by Gasteiger charge is -2.57. The average molecular weight is 1720 g/mol. The Labute approximate surface area is 744 Å². The highest BCUT2D eigenvalue weighted by Crippen LogP contribution is 2.70. The molecule has 4 heterocycles. The van der Waals surface area contributed by atoms with Crippen molar-refractivity contribution in [1.29, 1.82) is 0 Å². The number of halogens is 1. The zero-order valence-corrected chi connectivity index (χ0v) is 79.3. The summed E-state index contributed by atoms with van der Waals surface area (Å²) in [6, 6.07) is 0. The van der Waals surface area contributed by atoms with E-state index < -0.39 is 29.1 Å². The number of Topliss-reactive ketones (excluding diaryl/α,β-unsaturated/α-hetero) is 4. The van der Waals surface area contributed by atoms with Crippen LogP contribution < -0.4 is 0 Å². The lowest BCUT2D eigenvalue weighted by Crippen LogP contribution is -2.52. The fraction of sp³-hybridized carbons (Fsp3) is 0.864. The Kier molecular flexibility index (Phi) is 31.4. The number of ketones is 4. The molecular weight excluding hydrogens is 1550 g/mol. The topological polar surface area (TPSA) is 272 Å². The Bertz CT molecular complexity index is 4010. The van der Waals surface area contributed by atoms with Crippen molar-refractivity contribution in [2.45, 2.75) is 390 Å². The summed E-state index contributed by atoms with van der Waals surface area (Å²) in [6.07, 6.45) is 54.1. The first-order valence-electron chi connectivity index (χ1n) is 51.0. The maximum Gasteiger partial charge on any atom is 0.159 e. The summed E-state index contributed by atoms with van der Waals surface area (Å²) >= 11 is 0. The van der Waals surface area contributed by atoms with Crippen molar-refractivity contribution in [2.75, 3.05) is 6.67 Å². The number of aromatic nitrogens is 12. The number of nitrogens with zero attached hydrogens (tertiary/aromatic N) is 12. The van der Waals surface area contributed by atoms with E-state index in [4.69, 9.17) is 0 Å². The molecule has 16 fully saturated rings. The van der Waals surface area contributed by atoms with Crippen molar-refractivity contribution in [3.05, 3.63) is 49.6 Å². The van der Waals surface area contributed by atoms with E-state index in [2.05, 4.69) is 87.2 Å². The third-order valence-electron chi connectivity index (χ3n) is 38.3. The molecule has 20 nitrogen and oxygen atoms in total. The molecule has 16 aliphatic rings. The van der Waals surface area contributed by atoms with E-state index in [-0.39, 0.29) is 45.3 Å². The normalized spacial score (nSPS) is 43.6. The summed E-state index contributed by atoms with van der Waals surface area (Å²) < 4.78 is 13.3. The molecule has 124 heavy (non-hydrogen) atoms. The molecule has 16 aliphatic carbocycles. The Morgan fingerprint density at radius 3 is 0.871 bits per heavy atom. The van der Waals surface area contributed by atoms with Crippen LogP contribution in [0.2, 0.25) is 0 Å². The van der Waals surface area contributed by atoms with Gasteiger partial charge in [0.05, 0.1) is 66.4 Å². The third kappa shape index (κ3) is 19.2. The van der Waals surface area contributed by atoms with Crippen LogP contribution >= 0.6 is 0 Å². The van der Waals surface area contributed by atoms with Gasteiger partial charge in [0, 0.05) is 23.7 Å². The molecule has 32 atom stereocenters. The van der Waals surface area contributed by atoms with Crippen molar-refractivity contribution in [1.82, 2.24) is 60.0 Å². The van der Waals surface area contributed by atoms with Gasteiger partial charge in [0.15, 0.2) is 23.1 Å². The largest absolute Gasteiger partial charge is 0.390 e. The monoisotopic (exact) mass is 1720 g/mol. The van der Waals surface area contributed by atoms with Crippen molar-refractivity contribution in [3.8, 4) is 11.8 Å². The van der Waals surface area contributed by atoms with E-state index in [0.717, 1.165) is 168 Å². The molecule has 0 aromatic carbocycles. The van der Waals surface area contributed by atoms with Gasteiger partial charge in [-0.25, -0.2) is 4.39 Å². The SMILES string of the molecule is CC.CC.CC.CC.CC#C[C@@]1(O)CC[C@@H]2C3CC[C@@]4(C)C(CC[C@@H]4C(=O)Cn4nccn4)C3CC[C@@H]2C1.CC[C@@]1(O)CC[C@@H]2C3CC[C@@]4(C)C(CC[C@@H]4C(=O)Cn4nccn4)C3CC[C@@H]2C1.C[C@@]1(O)CC[C@@H]2C3CC[C@@]4(C)C(CC[C@@H]4C(=O)Cn4nccn4)C3CC[C@@H]2C1.C[C@]12CCC3C(CC[C@@H]4C[C@@](O)(CF)CC[C@H]34)C1CC[C@@H]2C(=O)Cn1nccn1. The number of carbonyl (C=O) groups excluding carboxylic acids is 4. The van der Waals surface area contributed by atoms with Gasteiger partial charge in [-0.15, -0.1) is 5.92 Å². The number of aliphatic hydroxyl groups is 4. The Morgan fingerprint density at radius 1 is 0.323 bits per heavy atom. The van der Waals surface area contributed by atoms with E-state index in [1.807, 2.05) is 69.2 Å². The zero-order valence-electron chi connectivity index (χ0n) is 79.3. The fourth-order valence-corrected chi connectivity index (χ4v) is 33.1. The van der Waals surface area contributed by atoms with Gasteiger partial charge in [-0.3, -0.25) is 19.2 Å². The molecule has 12 unspecified atom stereocenters. The molecule has 16 saturated carbocycles. The quantitative estimate of drug-likeness (QED) is 0.0854. The molecule has 0 radical (unpaired) electrons. The molecule has 4 N–H and O–H groups in total. The van der Waals surface area contributed by atoms with E-state index in [9.17, 15) is 44.0 Å². The second kappa shape index (κ2) is 40.5.